The molecule has 0 aromatic heterocycles. The van der Waals surface area contributed by atoms with Crippen molar-refractivity contribution in [2.45, 2.75) is 75.1 Å². The summed E-state index contributed by atoms with van der Waals surface area (Å²) in [5, 5.41) is 50.3. The van der Waals surface area contributed by atoms with Gasteiger partial charge in [0.1, 0.15) is 36.6 Å². The van der Waals surface area contributed by atoms with Gasteiger partial charge in [-0.3, -0.25) is 0 Å². The van der Waals surface area contributed by atoms with Crippen molar-refractivity contribution >= 4 is 0 Å². The van der Waals surface area contributed by atoms with E-state index in [1.54, 1.807) is 0 Å². The molecule has 2 fully saturated rings. The molecule has 2 saturated heterocycles. The number of aliphatic hydroxyl groups excluding tert-OH is 5. The molecule has 0 radical (unpaired) electrons. The van der Waals surface area contributed by atoms with E-state index in [4.69, 9.17) is 28.4 Å². The maximum Gasteiger partial charge on any atom is 0.189 e. The molecule has 0 aromatic carbocycles. The molecule has 0 amide bonds. The fourth-order valence-corrected chi connectivity index (χ4v) is 2.79. The highest BCUT2D eigenvalue weighted by atomic mass is 16.8. The predicted molar refractivity (Wildman–Crippen MR) is 82.5 cm³/mol. The lowest BCUT2D eigenvalue weighted by molar-refractivity contribution is -0.399. The Labute approximate surface area is 150 Å². The second kappa shape index (κ2) is 9.66. The summed E-state index contributed by atoms with van der Waals surface area (Å²) in [6, 6.07) is 0. The van der Waals surface area contributed by atoms with E-state index < -0.39 is 61.8 Å². The molecule has 11 nitrogen and oxygen atoms in total. The molecular formula is C15H28O11. The maximum atomic E-state index is 10.4. The number of aliphatic hydroxyl groups is 5. The molecule has 154 valence electrons. The van der Waals surface area contributed by atoms with Gasteiger partial charge in [-0.15, -0.1) is 0 Å². The van der Waals surface area contributed by atoms with E-state index in [-0.39, 0.29) is 0 Å². The first-order valence-electron chi connectivity index (χ1n) is 8.39. The van der Waals surface area contributed by atoms with Crippen molar-refractivity contribution in [2.24, 2.45) is 0 Å². The third-order valence-electron chi connectivity index (χ3n) is 4.27. The molecule has 0 saturated carbocycles. The van der Waals surface area contributed by atoms with Gasteiger partial charge in [0.2, 0.25) is 0 Å². The lowest BCUT2D eigenvalue weighted by Crippen LogP contribution is -2.64. The van der Waals surface area contributed by atoms with Gasteiger partial charge in [0, 0.05) is 20.8 Å². The molecule has 10 atom stereocenters. The monoisotopic (exact) mass is 384 g/mol. The summed E-state index contributed by atoms with van der Waals surface area (Å²) >= 11 is 0. The number of rotatable bonds is 7. The van der Waals surface area contributed by atoms with Gasteiger partial charge in [-0.2, -0.15) is 0 Å². The zero-order valence-electron chi connectivity index (χ0n) is 14.9. The normalized spacial score (nSPS) is 47.1. The maximum absolute atomic E-state index is 10.4. The summed E-state index contributed by atoms with van der Waals surface area (Å²) < 4.78 is 31.6. The van der Waals surface area contributed by atoms with Gasteiger partial charge in [0.05, 0.1) is 0 Å². The van der Waals surface area contributed by atoms with Gasteiger partial charge >= 0.3 is 0 Å². The van der Waals surface area contributed by atoms with Crippen LogP contribution in [0.4, 0.5) is 0 Å². The lowest BCUT2D eigenvalue weighted by Gasteiger charge is -2.45. The molecule has 26 heavy (non-hydrogen) atoms. The van der Waals surface area contributed by atoms with Gasteiger partial charge in [-0.05, 0) is 6.42 Å². The van der Waals surface area contributed by atoms with Crippen molar-refractivity contribution in [1.29, 1.82) is 0 Å². The molecule has 0 spiro atoms. The minimum absolute atomic E-state index is 0.306. The Hall–Kier alpha value is -0.440. The Balaban J connectivity index is 2.09. The number of hydrogen-bond acceptors (Lipinski definition) is 11. The van der Waals surface area contributed by atoms with Crippen LogP contribution in [0.15, 0.2) is 0 Å². The molecule has 0 aliphatic carbocycles. The van der Waals surface area contributed by atoms with Crippen LogP contribution in [-0.2, 0) is 28.4 Å². The molecule has 2 heterocycles. The first kappa shape index (κ1) is 21.9. The number of methoxy groups -OCH3 is 2. The highest BCUT2D eigenvalue weighted by Crippen LogP contribution is 2.29. The third-order valence-corrected chi connectivity index (χ3v) is 4.27. The van der Waals surface area contributed by atoms with Gasteiger partial charge in [-0.1, -0.05) is 6.92 Å². The van der Waals surface area contributed by atoms with Crippen molar-refractivity contribution in [3.05, 3.63) is 0 Å². The zero-order valence-corrected chi connectivity index (χ0v) is 14.9. The van der Waals surface area contributed by atoms with E-state index in [2.05, 4.69) is 0 Å². The minimum atomic E-state index is -1.63. The van der Waals surface area contributed by atoms with Crippen LogP contribution in [0.25, 0.3) is 0 Å². The molecule has 2 rings (SSSR count). The van der Waals surface area contributed by atoms with Gasteiger partial charge in [-0.25, -0.2) is 0 Å². The zero-order chi connectivity index (χ0) is 19.4. The summed E-state index contributed by atoms with van der Waals surface area (Å²) in [7, 11) is 2.54. The fourth-order valence-electron chi connectivity index (χ4n) is 2.79. The third kappa shape index (κ3) is 4.51. The quantitative estimate of drug-likeness (QED) is 0.310. The second-order valence-corrected chi connectivity index (χ2v) is 6.14. The topological polar surface area (TPSA) is 157 Å². The lowest BCUT2D eigenvalue weighted by atomic mass is 10.0. The van der Waals surface area contributed by atoms with E-state index in [1.807, 2.05) is 6.92 Å². The van der Waals surface area contributed by atoms with Crippen LogP contribution < -0.4 is 0 Å². The molecule has 5 N–H and O–H groups in total. The number of hydrogen-bond donors (Lipinski definition) is 5. The Kier molecular flexibility index (Phi) is 8.12. The van der Waals surface area contributed by atoms with Crippen LogP contribution in [0.1, 0.15) is 13.3 Å². The molecule has 5 unspecified atom stereocenters. The van der Waals surface area contributed by atoms with E-state index in [0.717, 1.165) is 0 Å². The van der Waals surface area contributed by atoms with Crippen molar-refractivity contribution < 1.29 is 54.0 Å². The standard InChI is InChI=1S/C15H28O11/c1-4-5-23-13-10(20)7(17)11(15(22-3)26-13)24-14-9(19)6(16)8(18)12(21-2)25-14/h6-20H,4-5H2,1-3H3/t6-,7+,8?,9?,10?,11?,12-,13+,14?,15-/m0/s1. The first-order valence-corrected chi connectivity index (χ1v) is 8.39. The van der Waals surface area contributed by atoms with Crippen molar-refractivity contribution in [3.63, 3.8) is 0 Å². The fraction of sp³-hybridized carbons (Fsp3) is 1.00. The van der Waals surface area contributed by atoms with Gasteiger partial charge in [0.15, 0.2) is 25.2 Å². The Morgan fingerprint density at radius 1 is 0.692 bits per heavy atom. The van der Waals surface area contributed by atoms with Crippen molar-refractivity contribution in [3.8, 4) is 0 Å². The molecule has 0 bridgehead atoms. The average molecular weight is 384 g/mol. The number of ether oxygens (including phenoxy) is 6. The van der Waals surface area contributed by atoms with Crippen LogP contribution in [-0.4, -0.2) is 108 Å². The Morgan fingerprint density at radius 3 is 1.81 bits per heavy atom. The highest BCUT2D eigenvalue weighted by Gasteiger charge is 2.51. The molecule has 2 aliphatic rings. The summed E-state index contributed by atoms with van der Waals surface area (Å²) in [4.78, 5) is 0. The van der Waals surface area contributed by atoms with Crippen LogP contribution in [0.3, 0.4) is 0 Å². The van der Waals surface area contributed by atoms with Crippen molar-refractivity contribution in [1.82, 2.24) is 0 Å². The smallest absolute Gasteiger partial charge is 0.189 e. The van der Waals surface area contributed by atoms with Gasteiger partial charge < -0.3 is 54.0 Å². The largest absolute Gasteiger partial charge is 0.387 e. The Morgan fingerprint density at radius 2 is 1.23 bits per heavy atom. The molecule has 2 aliphatic heterocycles. The summed E-state index contributed by atoms with van der Waals surface area (Å²) in [6.45, 7) is 2.18. The summed E-state index contributed by atoms with van der Waals surface area (Å²) in [5.41, 5.74) is 0. The SMILES string of the molecule is CCCO[C@@H]1O[C@H](OC)C(OC2O[C@H](OC)C(O)[C@H](O)C2O)[C@H](O)C1O. The van der Waals surface area contributed by atoms with E-state index in [9.17, 15) is 25.5 Å². The van der Waals surface area contributed by atoms with Crippen LogP contribution in [0, 0.1) is 0 Å². The van der Waals surface area contributed by atoms with Gasteiger partial charge in [0.25, 0.3) is 0 Å². The predicted octanol–water partition coefficient (Wildman–Crippen LogP) is -2.74. The van der Waals surface area contributed by atoms with E-state index in [1.165, 1.54) is 14.2 Å². The summed E-state index contributed by atoms with van der Waals surface area (Å²) in [5.74, 6) is 0. The molecule has 0 aromatic rings. The summed E-state index contributed by atoms with van der Waals surface area (Å²) in [6.07, 6.45) is -13.2. The first-order chi connectivity index (χ1) is 12.3. The van der Waals surface area contributed by atoms with E-state index in [0.29, 0.717) is 13.0 Å². The van der Waals surface area contributed by atoms with E-state index >= 15 is 0 Å². The van der Waals surface area contributed by atoms with Crippen LogP contribution in [0.5, 0.6) is 0 Å². The Bertz CT molecular complexity index is 420. The molecular weight excluding hydrogens is 356 g/mol. The van der Waals surface area contributed by atoms with Crippen molar-refractivity contribution in [2.75, 3.05) is 20.8 Å². The average Bonchev–Trinajstić information content (AvgIpc) is 2.64. The molecule has 11 heteroatoms. The van der Waals surface area contributed by atoms with Crippen LogP contribution >= 0.6 is 0 Å². The highest BCUT2D eigenvalue weighted by molar-refractivity contribution is 4.90. The van der Waals surface area contributed by atoms with Crippen LogP contribution in [0.2, 0.25) is 0 Å². The second-order valence-electron chi connectivity index (χ2n) is 6.14. The minimum Gasteiger partial charge on any atom is -0.387 e.